The number of likely N-dealkylation sites (N-methyl/N-ethyl adjacent to an activating group) is 1. The molecule has 1 aliphatic carbocycles. The molecule has 2 aromatic carbocycles. The number of esters is 1. The van der Waals surface area contributed by atoms with Gasteiger partial charge in [0.25, 0.3) is 5.91 Å². The summed E-state index contributed by atoms with van der Waals surface area (Å²) in [5.41, 5.74) is 1.25. The second-order valence-corrected chi connectivity index (χ2v) is 7.83. The van der Waals surface area contributed by atoms with Gasteiger partial charge in [-0.15, -0.1) is 0 Å². The van der Waals surface area contributed by atoms with E-state index in [0.29, 0.717) is 24.6 Å². The number of hydrogen-bond donors (Lipinski definition) is 0. The quantitative estimate of drug-likeness (QED) is 0.566. The Bertz CT molecular complexity index is 890. The maximum Gasteiger partial charge on any atom is 0.317 e. The third kappa shape index (κ3) is 5.01. The smallest absolute Gasteiger partial charge is 0.317 e. The van der Waals surface area contributed by atoms with Crippen LogP contribution in [-0.2, 0) is 26.3 Å². The molecule has 1 saturated carbocycles. The molecule has 0 unspecified atom stereocenters. The molecule has 6 nitrogen and oxygen atoms in total. The first-order valence-electron chi connectivity index (χ1n) is 10.8. The molecule has 6 heteroatoms. The Balaban J connectivity index is 1.65. The molecule has 166 valence electrons. The van der Waals surface area contributed by atoms with Crippen LogP contribution in [0.4, 0.5) is 0 Å². The van der Waals surface area contributed by atoms with E-state index in [2.05, 4.69) is 0 Å². The van der Waals surface area contributed by atoms with Gasteiger partial charge in [0.05, 0.1) is 19.6 Å². The number of ether oxygens (including phenoxy) is 3. The molecule has 0 heterocycles. The van der Waals surface area contributed by atoms with Gasteiger partial charge < -0.3 is 19.1 Å². The summed E-state index contributed by atoms with van der Waals surface area (Å²) in [6.07, 6.45) is 3.48. The number of methoxy groups -OCH3 is 2. The number of benzene rings is 2. The molecule has 0 bridgehead atoms. The van der Waals surface area contributed by atoms with Gasteiger partial charge in [-0.2, -0.15) is 0 Å². The lowest BCUT2D eigenvalue weighted by Crippen LogP contribution is -2.39. The summed E-state index contributed by atoms with van der Waals surface area (Å²) in [5, 5.41) is 0. The van der Waals surface area contributed by atoms with Crippen LogP contribution in [-0.4, -0.2) is 44.1 Å². The molecule has 1 aliphatic rings. The predicted octanol–water partition coefficient (Wildman–Crippen LogP) is 4.11. The highest BCUT2D eigenvalue weighted by Gasteiger charge is 2.44. The number of nitrogens with zero attached hydrogens (tertiary/aromatic N) is 1. The minimum atomic E-state index is -0.637. The minimum Gasteiger partial charge on any atom is -0.493 e. The first-order chi connectivity index (χ1) is 15.0. The summed E-state index contributed by atoms with van der Waals surface area (Å²) in [4.78, 5) is 27.5. The zero-order valence-corrected chi connectivity index (χ0v) is 18.6. The van der Waals surface area contributed by atoms with Crippen LogP contribution in [0.2, 0.25) is 0 Å². The molecule has 1 amide bonds. The Morgan fingerprint density at radius 1 is 0.968 bits per heavy atom. The van der Waals surface area contributed by atoms with E-state index in [1.54, 1.807) is 19.1 Å². The van der Waals surface area contributed by atoms with Crippen molar-refractivity contribution in [2.75, 3.05) is 27.4 Å². The van der Waals surface area contributed by atoms with Gasteiger partial charge >= 0.3 is 5.97 Å². The van der Waals surface area contributed by atoms with Crippen LogP contribution in [0.5, 0.6) is 11.5 Å². The molecule has 1 fully saturated rings. The lowest BCUT2D eigenvalue weighted by Gasteiger charge is -2.28. The summed E-state index contributed by atoms with van der Waals surface area (Å²) in [7, 11) is 3.16. The van der Waals surface area contributed by atoms with Gasteiger partial charge in [0, 0.05) is 13.1 Å². The van der Waals surface area contributed by atoms with Crippen molar-refractivity contribution in [3.8, 4) is 11.5 Å². The van der Waals surface area contributed by atoms with Crippen LogP contribution in [0.3, 0.4) is 0 Å². The van der Waals surface area contributed by atoms with Crippen LogP contribution >= 0.6 is 0 Å². The molecule has 0 aromatic heterocycles. The molecule has 0 saturated heterocycles. The van der Waals surface area contributed by atoms with Gasteiger partial charge in [-0.1, -0.05) is 49.2 Å². The van der Waals surface area contributed by atoms with Crippen molar-refractivity contribution < 1.29 is 23.8 Å². The molecular formula is C25H31NO5. The fourth-order valence-corrected chi connectivity index (χ4v) is 4.28. The second kappa shape index (κ2) is 10.3. The normalized spacial score (nSPS) is 14.7. The molecule has 0 aliphatic heterocycles. The maximum atomic E-state index is 13.1. The van der Waals surface area contributed by atoms with Crippen molar-refractivity contribution in [1.29, 1.82) is 0 Å². The zero-order chi connectivity index (χ0) is 22.3. The van der Waals surface area contributed by atoms with Gasteiger partial charge in [-0.3, -0.25) is 9.59 Å². The lowest BCUT2D eigenvalue weighted by molar-refractivity contribution is -0.157. The standard InChI is InChI=1S/C25H31NO5/c1-4-26(17-19-12-13-21(29-2)22(16-19)30-3)23(27)18-31-24(28)25(14-8-9-15-25)20-10-6-5-7-11-20/h5-7,10-13,16H,4,8-9,14-15,17-18H2,1-3H3. The van der Waals surface area contributed by atoms with E-state index in [1.807, 2.05) is 55.5 Å². The fourth-order valence-electron chi connectivity index (χ4n) is 4.28. The van der Waals surface area contributed by atoms with Crippen LogP contribution in [0.25, 0.3) is 0 Å². The minimum absolute atomic E-state index is 0.216. The van der Waals surface area contributed by atoms with Crippen LogP contribution in [0, 0.1) is 0 Å². The van der Waals surface area contributed by atoms with E-state index >= 15 is 0 Å². The molecule has 0 atom stereocenters. The van der Waals surface area contributed by atoms with Crippen molar-refractivity contribution in [3.63, 3.8) is 0 Å². The highest BCUT2D eigenvalue weighted by molar-refractivity contribution is 5.86. The monoisotopic (exact) mass is 425 g/mol. The van der Waals surface area contributed by atoms with Gasteiger partial charge in [0.15, 0.2) is 18.1 Å². The summed E-state index contributed by atoms with van der Waals surface area (Å²) < 4.78 is 16.2. The Hall–Kier alpha value is -3.02. The predicted molar refractivity (Wildman–Crippen MR) is 118 cm³/mol. The largest absolute Gasteiger partial charge is 0.493 e. The molecule has 0 radical (unpaired) electrons. The molecule has 0 N–H and O–H groups in total. The number of carbonyl (C=O) groups excluding carboxylic acids is 2. The molecule has 2 aromatic rings. The Labute approximate surface area is 184 Å². The number of rotatable bonds is 9. The van der Waals surface area contributed by atoms with E-state index in [1.165, 1.54) is 0 Å². The van der Waals surface area contributed by atoms with Gasteiger partial charge in [0.2, 0.25) is 0 Å². The van der Waals surface area contributed by atoms with Gasteiger partial charge in [-0.05, 0) is 43.0 Å². The lowest BCUT2D eigenvalue weighted by atomic mass is 9.79. The van der Waals surface area contributed by atoms with Crippen LogP contribution in [0.1, 0.15) is 43.7 Å². The van der Waals surface area contributed by atoms with E-state index in [0.717, 1.165) is 36.8 Å². The van der Waals surface area contributed by atoms with Crippen molar-refractivity contribution in [2.45, 2.75) is 44.6 Å². The van der Waals surface area contributed by atoms with Gasteiger partial charge in [-0.25, -0.2) is 0 Å². The van der Waals surface area contributed by atoms with Crippen LogP contribution < -0.4 is 9.47 Å². The highest BCUT2D eigenvalue weighted by atomic mass is 16.5. The van der Waals surface area contributed by atoms with E-state index in [4.69, 9.17) is 14.2 Å². The number of carbonyl (C=O) groups is 2. The summed E-state index contributed by atoms with van der Waals surface area (Å²) in [5.74, 6) is 0.733. The molecule has 0 spiro atoms. The third-order valence-electron chi connectivity index (χ3n) is 6.06. The molecule has 31 heavy (non-hydrogen) atoms. The highest BCUT2D eigenvalue weighted by Crippen LogP contribution is 2.42. The van der Waals surface area contributed by atoms with Crippen molar-refractivity contribution in [1.82, 2.24) is 4.90 Å². The van der Waals surface area contributed by atoms with Gasteiger partial charge in [0.1, 0.15) is 0 Å². The van der Waals surface area contributed by atoms with Crippen LogP contribution in [0.15, 0.2) is 48.5 Å². The Morgan fingerprint density at radius 3 is 2.26 bits per heavy atom. The average Bonchev–Trinajstić information content (AvgIpc) is 3.32. The summed E-state index contributed by atoms with van der Waals surface area (Å²) >= 11 is 0. The van der Waals surface area contributed by atoms with Crippen molar-refractivity contribution >= 4 is 11.9 Å². The first kappa shape index (κ1) is 22.7. The fraction of sp³-hybridized carbons (Fsp3) is 0.440. The zero-order valence-electron chi connectivity index (χ0n) is 18.6. The van der Waals surface area contributed by atoms with E-state index < -0.39 is 5.41 Å². The Kier molecular flexibility index (Phi) is 7.55. The summed E-state index contributed by atoms with van der Waals surface area (Å²) in [6.45, 7) is 2.56. The van der Waals surface area contributed by atoms with Crippen molar-refractivity contribution in [3.05, 3.63) is 59.7 Å². The number of hydrogen-bond acceptors (Lipinski definition) is 5. The third-order valence-corrected chi connectivity index (χ3v) is 6.06. The first-order valence-corrected chi connectivity index (χ1v) is 10.8. The van der Waals surface area contributed by atoms with E-state index in [9.17, 15) is 9.59 Å². The molecule has 3 rings (SSSR count). The van der Waals surface area contributed by atoms with E-state index in [-0.39, 0.29) is 18.5 Å². The Morgan fingerprint density at radius 2 is 1.65 bits per heavy atom. The number of amides is 1. The molecular weight excluding hydrogens is 394 g/mol. The maximum absolute atomic E-state index is 13.1. The SMILES string of the molecule is CCN(Cc1ccc(OC)c(OC)c1)C(=O)COC(=O)C1(c2ccccc2)CCCC1. The van der Waals surface area contributed by atoms with Crippen molar-refractivity contribution in [2.24, 2.45) is 0 Å². The average molecular weight is 426 g/mol. The summed E-state index contributed by atoms with van der Waals surface area (Å²) in [6, 6.07) is 15.3. The second-order valence-electron chi connectivity index (χ2n) is 7.83. The topological polar surface area (TPSA) is 65.1 Å².